The predicted octanol–water partition coefficient (Wildman–Crippen LogP) is 0.701. The fraction of sp³-hybridized carbons (Fsp3) is 0.625. The highest BCUT2D eigenvalue weighted by molar-refractivity contribution is 5.78. The number of rotatable bonds is 3. The largest absolute Gasteiger partial charge is 0.478 e. The van der Waals surface area contributed by atoms with Crippen LogP contribution in [0.4, 0.5) is 0 Å². The van der Waals surface area contributed by atoms with Crippen molar-refractivity contribution in [1.29, 1.82) is 0 Å². The van der Waals surface area contributed by atoms with Gasteiger partial charge in [-0.25, -0.2) is 4.79 Å². The first kappa shape index (κ1) is 9.06. The van der Waals surface area contributed by atoms with Crippen molar-refractivity contribution in [2.75, 3.05) is 6.61 Å². The molecule has 0 bridgehead atoms. The van der Waals surface area contributed by atoms with Gasteiger partial charge in [0.2, 0.25) is 5.72 Å². The number of nitrogens with one attached hydrogen (secondary N) is 1. The third kappa shape index (κ3) is 1.43. The second kappa shape index (κ2) is 3.15. The molecule has 0 saturated heterocycles. The van der Waals surface area contributed by atoms with Crippen molar-refractivity contribution in [2.45, 2.75) is 26.0 Å². The Kier molecular flexibility index (Phi) is 2.38. The monoisotopic (exact) mass is 171 g/mol. The van der Waals surface area contributed by atoms with Gasteiger partial charge < -0.3 is 15.2 Å². The molecule has 68 valence electrons. The van der Waals surface area contributed by atoms with Crippen molar-refractivity contribution in [3.05, 3.63) is 11.8 Å². The van der Waals surface area contributed by atoms with Crippen LogP contribution in [0.5, 0.6) is 0 Å². The number of carbonyl (C=O) groups is 1. The molecule has 0 saturated carbocycles. The lowest BCUT2D eigenvalue weighted by molar-refractivity contribution is -0.167. The maximum atomic E-state index is 10.8. The van der Waals surface area contributed by atoms with E-state index in [4.69, 9.17) is 9.84 Å². The van der Waals surface area contributed by atoms with Crippen molar-refractivity contribution in [1.82, 2.24) is 5.32 Å². The Labute approximate surface area is 71.2 Å². The van der Waals surface area contributed by atoms with Crippen LogP contribution >= 0.6 is 0 Å². The molecule has 0 aromatic carbocycles. The summed E-state index contributed by atoms with van der Waals surface area (Å²) in [5.74, 6) is -0.961. The molecule has 1 unspecified atom stereocenters. The fourth-order valence-electron chi connectivity index (χ4n) is 1.26. The zero-order valence-corrected chi connectivity index (χ0v) is 7.26. The molecule has 1 atom stereocenters. The summed E-state index contributed by atoms with van der Waals surface area (Å²) in [6.45, 7) is 3.99. The van der Waals surface area contributed by atoms with E-state index < -0.39 is 11.7 Å². The van der Waals surface area contributed by atoms with Gasteiger partial charge in [-0.3, -0.25) is 0 Å². The predicted molar refractivity (Wildman–Crippen MR) is 43.5 cm³/mol. The first-order chi connectivity index (χ1) is 5.60. The quantitative estimate of drug-likeness (QED) is 0.656. The van der Waals surface area contributed by atoms with Gasteiger partial charge in [0.05, 0.1) is 0 Å². The van der Waals surface area contributed by atoms with Gasteiger partial charge in [0, 0.05) is 18.7 Å². The van der Waals surface area contributed by atoms with Crippen LogP contribution in [0.3, 0.4) is 0 Å². The highest BCUT2D eigenvalue weighted by Crippen LogP contribution is 2.22. The van der Waals surface area contributed by atoms with Crippen LogP contribution in [-0.4, -0.2) is 23.4 Å². The first-order valence-electron chi connectivity index (χ1n) is 3.93. The molecule has 0 aliphatic carbocycles. The Hall–Kier alpha value is -1.03. The summed E-state index contributed by atoms with van der Waals surface area (Å²) < 4.78 is 5.16. The zero-order chi connectivity index (χ0) is 9.19. The smallest absolute Gasteiger partial charge is 0.357 e. The van der Waals surface area contributed by atoms with Gasteiger partial charge in [-0.15, -0.1) is 0 Å². The second-order valence-corrected chi connectivity index (χ2v) is 2.78. The van der Waals surface area contributed by atoms with Crippen LogP contribution in [0.1, 0.15) is 20.3 Å². The van der Waals surface area contributed by atoms with E-state index in [9.17, 15) is 4.79 Å². The average molecular weight is 171 g/mol. The molecule has 0 fully saturated rings. The SMILES string of the molecule is CCOC1(C(=O)O)CC=C(C)N1. The van der Waals surface area contributed by atoms with Crippen molar-refractivity contribution in [3.8, 4) is 0 Å². The molecule has 1 rings (SSSR count). The van der Waals surface area contributed by atoms with Crippen molar-refractivity contribution in [2.24, 2.45) is 0 Å². The highest BCUT2D eigenvalue weighted by atomic mass is 16.5. The van der Waals surface area contributed by atoms with Gasteiger partial charge in [0.25, 0.3) is 0 Å². The maximum Gasteiger partial charge on any atom is 0.357 e. The van der Waals surface area contributed by atoms with E-state index in [0.29, 0.717) is 13.0 Å². The Bertz CT molecular complexity index is 224. The van der Waals surface area contributed by atoms with E-state index in [2.05, 4.69) is 5.32 Å². The van der Waals surface area contributed by atoms with Gasteiger partial charge in [-0.1, -0.05) is 6.08 Å². The fourth-order valence-corrected chi connectivity index (χ4v) is 1.26. The standard InChI is InChI=1S/C8H13NO3/c1-3-12-8(7(10)11)5-4-6(2)9-8/h4,9H,3,5H2,1-2H3,(H,10,11). The number of hydrogen-bond donors (Lipinski definition) is 2. The van der Waals surface area contributed by atoms with E-state index in [1.807, 2.05) is 13.0 Å². The summed E-state index contributed by atoms with van der Waals surface area (Å²) in [5.41, 5.74) is -0.357. The van der Waals surface area contributed by atoms with Gasteiger partial charge in [0.15, 0.2) is 0 Å². The molecular formula is C8H13NO3. The van der Waals surface area contributed by atoms with E-state index >= 15 is 0 Å². The average Bonchev–Trinajstić information content (AvgIpc) is 2.34. The summed E-state index contributed by atoms with van der Waals surface area (Å²) >= 11 is 0. The molecule has 2 N–H and O–H groups in total. The number of carboxylic acids is 1. The van der Waals surface area contributed by atoms with E-state index in [-0.39, 0.29) is 0 Å². The van der Waals surface area contributed by atoms with Gasteiger partial charge >= 0.3 is 5.97 Å². The minimum absolute atomic E-state index is 0.389. The molecule has 4 heteroatoms. The Balaban J connectivity index is 2.71. The first-order valence-corrected chi connectivity index (χ1v) is 3.93. The third-order valence-corrected chi connectivity index (χ3v) is 1.83. The van der Waals surface area contributed by atoms with Gasteiger partial charge in [-0.05, 0) is 13.8 Å². The van der Waals surface area contributed by atoms with Crippen molar-refractivity contribution < 1.29 is 14.6 Å². The molecule has 0 radical (unpaired) electrons. The molecule has 0 aromatic rings. The minimum Gasteiger partial charge on any atom is -0.478 e. The lowest BCUT2D eigenvalue weighted by Gasteiger charge is -2.25. The van der Waals surface area contributed by atoms with Crippen molar-refractivity contribution in [3.63, 3.8) is 0 Å². The topological polar surface area (TPSA) is 58.6 Å². The molecule has 1 aliphatic rings. The van der Waals surface area contributed by atoms with Gasteiger partial charge in [-0.2, -0.15) is 0 Å². The van der Waals surface area contributed by atoms with E-state index in [1.165, 1.54) is 0 Å². The summed E-state index contributed by atoms with van der Waals surface area (Å²) in [7, 11) is 0. The van der Waals surface area contributed by atoms with Crippen molar-refractivity contribution >= 4 is 5.97 Å². The molecule has 1 heterocycles. The molecule has 12 heavy (non-hydrogen) atoms. The minimum atomic E-state index is -1.21. The summed E-state index contributed by atoms with van der Waals surface area (Å²) in [6, 6.07) is 0. The zero-order valence-electron chi connectivity index (χ0n) is 7.26. The van der Waals surface area contributed by atoms with E-state index in [1.54, 1.807) is 6.92 Å². The molecule has 0 amide bonds. The van der Waals surface area contributed by atoms with Crippen LogP contribution in [0.25, 0.3) is 0 Å². The lowest BCUT2D eigenvalue weighted by atomic mass is 10.2. The Morgan fingerprint density at radius 3 is 2.92 bits per heavy atom. The van der Waals surface area contributed by atoms with Crippen LogP contribution in [0.2, 0.25) is 0 Å². The molecule has 1 aliphatic heterocycles. The third-order valence-electron chi connectivity index (χ3n) is 1.83. The second-order valence-electron chi connectivity index (χ2n) is 2.78. The Morgan fingerprint density at radius 2 is 2.58 bits per heavy atom. The van der Waals surface area contributed by atoms with Crippen LogP contribution in [0.15, 0.2) is 11.8 Å². The normalized spacial score (nSPS) is 28.0. The number of ether oxygens (including phenoxy) is 1. The number of allylic oxidation sites excluding steroid dienone is 1. The lowest BCUT2D eigenvalue weighted by Crippen LogP contribution is -2.50. The molecule has 0 aromatic heterocycles. The van der Waals surface area contributed by atoms with E-state index in [0.717, 1.165) is 5.70 Å². The maximum absolute atomic E-state index is 10.8. The summed E-state index contributed by atoms with van der Waals surface area (Å²) in [4.78, 5) is 10.8. The summed E-state index contributed by atoms with van der Waals surface area (Å²) in [5, 5.41) is 11.7. The Morgan fingerprint density at radius 1 is 1.92 bits per heavy atom. The van der Waals surface area contributed by atoms with Gasteiger partial charge in [0.1, 0.15) is 0 Å². The number of hydrogen-bond acceptors (Lipinski definition) is 3. The highest BCUT2D eigenvalue weighted by Gasteiger charge is 2.41. The number of carboxylic acid groups (broad SMARTS) is 1. The number of aliphatic carboxylic acids is 1. The molecule has 4 nitrogen and oxygen atoms in total. The van der Waals surface area contributed by atoms with Crippen LogP contribution in [0, 0.1) is 0 Å². The summed E-state index contributed by atoms with van der Waals surface area (Å²) in [6.07, 6.45) is 2.21. The van der Waals surface area contributed by atoms with Crippen LogP contribution in [-0.2, 0) is 9.53 Å². The van der Waals surface area contributed by atoms with Crippen LogP contribution < -0.4 is 5.32 Å². The molecular weight excluding hydrogens is 158 g/mol. The molecule has 0 spiro atoms.